The molecule has 0 rings (SSSR count). The molecule has 0 fully saturated rings. The summed E-state index contributed by atoms with van der Waals surface area (Å²) in [6.45, 7) is -1.44. The van der Waals surface area contributed by atoms with E-state index in [-0.39, 0.29) is 0 Å². The van der Waals surface area contributed by atoms with Crippen molar-refractivity contribution < 1.29 is 22.3 Å². The molecule has 0 aromatic heterocycles. The molecule has 0 aromatic carbocycles. The van der Waals surface area contributed by atoms with Gasteiger partial charge in [-0.25, -0.2) is 17.6 Å². The van der Waals surface area contributed by atoms with Crippen LogP contribution in [0.5, 0.6) is 0 Å². The van der Waals surface area contributed by atoms with Crippen molar-refractivity contribution in [3.8, 4) is 0 Å². The third-order valence-corrected chi connectivity index (χ3v) is 1.02. The summed E-state index contributed by atoms with van der Waals surface area (Å²) in [5, 5.41) is 0. The quantitative estimate of drug-likeness (QED) is 0.567. The van der Waals surface area contributed by atoms with E-state index in [2.05, 4.69) is 4.74 Å². The van der Waals surface area contributed by atoms with Gasteiger partial charge < -0.3 is 4.74 Å². The number of halogens is 4. The fourth-order valence-electron chi connectivity index (χ4n) is 0.496. The number of rotatable bonds is 4. The van der Waals surface area contributed by atoms with Crippen molar-refractivity contribution in [1.29, 1.82) is 0 Å². The average molecular weight is 160 g/mol. The largest absolute Gasteiger partial charge is 0.372 e. The van der Waals surface area contributed by atoms with Gasteiger partial charge in [-0.05, 0) is 0 Å². The molecule has 0 aromatic rings. The SMILES string of the molecule is COC(C(F)F)C(F)CF. The molecule has 0 saturated heterocycles. The smallest absolute Gasteiger partial charge is 0.267 e. The lowest BCUT2D eigenvalue weighted by Crippen LogP contribution is -2.32. The maximum Gasteiger partial charge on any atom is 0.267 e. The van der Waals surface area contributed by atoms with Crippen LogP contribution in [0, 0.1) is 0 Å². The maximum absolute atomic E-state index is 12.1. The molecule has 2 atom stereocenters. The van der Waals surface area contributed by atoms with Crippen molar-refractivity contribution in [3.05, 3.63) is 0 Å². The van der Waals surface area contributed by atoms with Crippen LogP contribution in [0.2, 0.25) is 0 Å². The molecule has 10 heavy (non-hydrogen) atoms. The summed E-state index contributed by atoms with van der Waals surface area (Å²) in [7, 11) is 0.916. The number of hydrogen-bond donors (Lipinski definition) is 0. The molecule has 0 heterocycles. The Bertz CT molecular complexity index is 87.7. The lowest BCUT2D eigenvalue weighted by molar-refractivity contribution is -0.0770. The Kier molecular flexibility index (Phi) is 4.34. The standard InChI is InChI=1S/C5H8F4O/c1-10-4(5(8)9)3(7)2-6/h3-5H,2H2,1H3. The highest BCUT2D eigenvalue weighted by molar-refractivity contribution is 4.70. The minimum atomic E-state index is -2.98. The first-order valence-electron chi connectivity index (χ1n) is 2.64. The summed E-state index contributed by atoms with van der Waals surface area (Å²) in [6.07, 6.45) is -7.15. The number of ether oxygens (including phenoxy) is 1. The summed E-state index contributed by atoms with van der Waals surface area (Å²) in [5.41, 5.74) is 0. The summed E-state index contributed by atoms with van der Waals surface area (Å²) in [6, 6.07) is 0. The molecular formula is C5H8F4O. The lowest BCUT2D eigenvalue weighted by atomic mass is 10.2. The normalized spacial score (nSPS) is 17.4. The Labute approximate surface area is 56.0 Å². The fraction of sp³-hybridized carbons (Fsp3) is 1.00. The predicted molar refractivity (Wildman–Crippen MR) is 27.7 cm³/mol. The van der Waals surface area contributed by atoms with Gasteiger partial charge in [0.1, 0.15) is 6.67 Å². The zero-order valence-corrected chi connectivity index (χ0v) is 5.36. The monoisotopic (exact) mass is 160 g/mol. The Balaban J connectivity index is 3.80. The van der Waals surface area contributed by atoms with Gasteiger partial charge in [-0.15, -0.1) is 0 Å². The Morgan fingerprint density at radius 2 is 1.80 bits per heavy atom. The van der Waals surface area contributed by atoms with Gasteiger partial charge in [0.05, 0.1) is 0 Å². The average Bonchev–Trinajstić information content (AvgIpc) is 1.88. The predicted octanol–water partition coefficient (Wildman–Crippen LogP) is 1.57. The second kappa shape index (κ2) is 4.49. The van der Waals surface area contributed by atoms with E-state index < -0.39 is 25.4 Å². The lowest BCUT2D eigenvalue weighted by Gasteiger charge is -2.15. The molecule has 0 saturated carbocycles. The van der Waals surface area contributed by atoms with E-state index in [4.69, 9.17) is 0 Å². The zero-order valence-electron chi connectivity index (χ0n) is 5.36. The molecule has 0 amide bonds. The number of hydrogen-bond acceptors (Lipinski definition) is 1. The first-order chi connectivity index (χ1) is 4.63. The molecule has 1 nitrogen and oxygen atoms in total. The van der Waals surface area contributed by atoms with Gasteiger partial charge in [0.15, 0.2) is 12.3 Å². The number of methoxy groups -OCH3 is 1. The molecule has 0 aliphatic heterocycles. The first-order valence-corrected chi connectivity index (χ1v) is 2.64. The van der Waals surface area contributed by atoms with Crippen LogP contribution in [0.15, 0.2) is 0 Å². The molecule has 0 aliphatic rings. The molecule has 2 unspecified atom stereocenters. The second-order valence-corrected chi connectivity index (χ2v) is 1.71. The van der Waals surface area contributed by atoms with Crippen LogP contribution in [-0.2, 0) is 4.74 Å². The van der Waals surface area contributed by atoms with Crippen molar-refractivity contribution in [3.63, 3.8) is 0 Å². The van der Waals surface area contributed by atoms with Gasteiger partial charge in [-0.1, -0.05) is 0 Å². The Morgan fingerprint density at radius 1 is 1.30 bits per heavy atom. The highest BCUT2D eigenvalue weighted by Crippen LogP contribution is 2.12. The summed E-state index contributed by atoms with van der Waals surface area (Å²) in [5.74, 6) is 0. The molecule has 0 radical (unpaired) electrons. The Morgan fingerprint density at radius 3 is 1.90 bits per heavy atom. The van der Waals surface area contributed by atoms with Crippen LogP contribution < -0.4 is 0 Å². The van der Waals surface area contributed by atoms with Gasteiger partial charge in [0, 0.05) is 7.11 Å². The van der Waals surface area contributed by atoms with Gasteiger partial charge >= 0.3 is 0 Å². The number of alkyl halides is 4. The second-order valence-electron chi connectivity index (χ2n) is 1.71. The van der Waals surface area contributed by atoms with Gasteiger partial charge in [0.2, 0.25) is 0 Å². The minimum absolute atomic E-state index is 0.916. The van der Waals surface area contributed by atoms with Crippen molar-refractivity contribution in [2.75, 3.05) is 13.8 Å². The van der Waals surface area contributed by atoms with E-state index in [1.54, 1.807) is 0 Å². The molecule has 5 heteroatoms. The maximum atomic E-state index is 12.1. The van der Waals surface area contributed by atoms with Crippen LogP contribution in [0.25, 0.3) is 0 Å². The van der Waals surface area contributed by atoms with E-state index in [1.165, 1.54) is 0 Å². The molecule has 0 aliphatic carbocycles. The van der Waals surface area contributed by atoms with Gasteiger partial charge in [0.25, 0.3) is 6.43 Å². The van der Waals surface area contributed by atoms with Crippen molar-refractivity contribution in [2.45, 2.75) is 18.7 Å². The zero-order chi connectivity index (χ0) is 8.15. The van der Waals surface area contributed by atoms with Crippen LogP contribution in [-0.4, -0.2) is 32.5 Å². The topological polar surface area (TPSA) is 9.23 Å². The van der Waals surface area contributed by atoms with E-state index in [0.29, 0.717) is 0 Å². The first kappa shape index (κ1) is 9.68. The molecule has 0 spiro atoms. The van der Waals surface area contributed by atoms with Gasteiger partial charge in [-0.2, -0.15) is 0 Å². The summed E-state index contributed by atoms with van der Waals surface area (Å²) in [4.78, 5) is 0. The van der Waals surface area contributed by atoms with E-state index >= 15 is 0 Å². The molecule has 62 valence electrons. The molecular weight excluding hydrogens is 152 g/mol. The fourth-order valence-corrected chi connectivity index (χ4v) is 0.496. The van der Waals surface area contributed by atoms with Crippen molar-refractivity contribution in [2.24, 2.45) is 0 Å². The highest BCUT2D eigenvalue weighted by atomic mass is 19.3. The van der Waals surface area contributed by atoms with E-state index in [0.717, 1.165) is 7.11 Å². The van der Waals surface area contributed by atoms with E-state index in [9.17, 15) is 17.6 Å². The summed E-state index contributed by atoms with van der Waals surface area (Å²) < 4.78 is 50.7. The summed E-state index contributed by atoms with van der Waals surface area (Å²) >= 11 is 0. The van der Waals surface area contributed by atoms with Crippen LogP contribution in [0.3, 0.4) is 0 Å². The van der Waals surface area contributed by atoms with Gasteiger partial charge in [-0.3, -0.25) is 0 Å². The molecule has 0 N–H and O–H groups in total. The Hall–Kier alpha value is -0.320. The van der Waals surface area contributed by atoms with Crippen molar-refractivity contribution in [1.82, 2.24) is 0 Å². The highest BCUT2D eigenvalue weighted by Gasteiger charge is 2.29. The van der Waals surface area contributed by atoms with Crippen LogP contribution in [0.4, 0.5) is 17.6 Å². The van der Waals surface area contributed by atoms with Crippen LogP contribution >= 0.6 is 0 Å². The van der Waals surface area contributed by atoms with E-state index in [1.807, 2.05) is 0 Å². The molecule has 0 bridgehead atoms. The van der Waals surface area contributed by atoms with Crippen molar-refractivity contribution >= 4 is 0 Å². The third-order valence-electron chi connectivity index (χ3n) is 1.02. The third kappa shape index (κ3) is 2.51. The van der Waals surface area contributed by atoms with Crippen LogP contribution in [0.1, 0.15) is 0 Å². The minimum Gasteiger partial charge on any atom is -0.372 e.